The third-order valence-corrected chi connectivity index (χ3v) is 20.4. The molecule has 4 aliphatic rings. The van der Waals surface area contributed by atoms with Crippen molar-refractivity contribution < 1.29 is 258 Å². The SMILES string of the molecule is O=C(O[C@@H]1O[C@@H]2COC(=O)c3cc(O)c(O)c(O)c3-c3c(cc(Oc4c(C(=O)O[C@@H]5O[C@@H]6COC(=O)c7cc(O)c(O)c(O)c7-c7c(cc(O)c(O)c7O)C(=O)O[C@H]6[C@H](OC(=O)c6cc(O)c(O)c(O)c6)[C@H]5OC(=O)c5cc(O)c(O)c(O)c5)cc(O)c(O)c4O)c(O)c3O)C(=O)O[C@H]2[C@H](OC(=O)c2cc(O)c(O)c(O)c2)[C@H]1OC(=O)c1cc(O)c(O)c(O)c1)c1cc(O)c(O)c(O)c1. The van der Waals surface area contributed by atoms with Crippen molar-refractivity contribution in [2.24, 2.45) is 0 Å². The summed E-state index contributed by atoms with van der Waals surface area (Å²) in [5.41, 5.74) is -17.9. The lowest BCUT2D eigenvalue weighted by atomic mass is 9.91. The zero-order chi connectivity index (χ0) is 97.7. The first-order chi connectivity index (χ1) is 63.0. The quantitative estimate of drug-likeness (QED) is 0.0419. The summed E-state index contributed by atoms with van der Waals surface area (Å²) in [7, 11) is 0. The number of aromatic hydroxyl groups is 29. The monoisotopic (exact) mass is 1870 g/mol. The molecule has 4 heterocycles. The molecule has 10 aromatic carbocycles. The standard InChI is InChI=1S/C82H58O52/c83-28-1-18(2-29(84)49(28)97)71(112)129-67-66-43(125-81(133-75(116)22-9-36(91)53(101)37(92)10-22)69(67)131-73(114)20-5-32(87)51(99)33(88)6-20)16-122-77(118)24-12-39(94)55(103)60(108)46(24)48-26(79(120)128-66)15-42(58(106)62(48)110)124-64-27(14-41(96)57(105)63(64)111)80(121)134-82-70(132-74(115)21-7-34(89)52(100)35(90)8-21)68(130-72(113)19-3-30(85)50(98)31(86)4-19)65-44(126-82)17-123-76(117)23-11-38(93)54(102)59(107)45(23)47-25(78(119)127-65)13-40(95)56(104)61(47)109/h1-15,43-44,65-70,81-111H,16-17H2/t43-,44-,65-,66-,67+,68+,69-,70-,81+,82+/m1/s1. The van der Waals surface area contributed by atoms with Gasteiger partial charge in [-0.25, -0.2) is 47.9 Å². The summed E-state index contributed by atoms with van der Waals surface area (Å²) in [6.07, 6.45) is -28.8. The molecule has 0 spiro atoms. The zero-order valence-electron chi connectivity index (χ0n) is 65.7. The minimum atomic E-state index is -3.16. The van der Waals surface area contributed by atoms with E-state index in [0.717, 1.165) is 0 Å². The van der Waals surface area contributed by atoms with Gasteiger partial charge in [0.05, 0.1) is 50.1 Å². The van der Waals surface area contributed by atoms with Crippen LogP contribution in [0.5, 0.6) is 178 Å². The van der Waals surface area contributed by atoms with Crippen LogP contribution >= 0.6 is 0 Å². The van der Waals surface area contributed by atoms with Crippen molar-refractivity contribution in [3.8, 4) is 200 Å². The van der Waals surface area contributed by atoms with Crippen LogP contribution in [-0.2, 0) is 56.8 Å². The molecule has 2 fully saturated rings. The fourth-order valence-electron chi connectivity index (χ4n) is 13.9. The van der Waals surface area contributed by atoms with Gasteiger partial charge in [0.25, 0.3) is 0 Å². The average Bonchev–Trinajstić information content (AvgIpc) is 1.06. The number of carbonyl (C=O) groups excluding carboxylic acids is 10. The molecule has 0 bridgehead atoms. The minimum Gasteiger partial charge on any atom is -0.504 e. The predicted molar refractivity (Wildman–Crippen MR) is 415 cm³/mol. The van der Waals surface area contributed by atoms with E-state index in [0.29, 0.717) is 66.7 Å². The van der Waals surface area contributed by atoms with Crippen molar-refractivity contribution in [3.63, 3.8) is 0 Å². The second-order valence-corrected chi connectivity index (χ2v) is 28.7. The van der Waals surface area contributed by atoms with Gasteiger partial charge in [-0.15, -0.1) is 0 Å². The van der Waals surface area contributed by atoms with E-state index in [4.69, 9.17) is 61.6 Å². The van der Waals surface area contributed by atoms with Crippen LogP contribution in [0.2, 0.25) is 0 Å². The van der Waals surface area contributed by atoms with Gasteiger partial charge in [-0.05, 0) is 78.9 Å². The molecule has 0 unspecified atom stereocenters. The van der Waals surface area contributed by atoms with Gasteiger partial charge in [-0.3, -0.25) is 0 Å². The van der Waals surface area contributed by atoms with Crippen LogP contribution in [0.15, 0.2) is 91.0 Å². The van der Waals surface area contributed by atoms with E-state index >= 15 is 14.4 Å². The maximum Gasteiger partial charge on any atom is 0.344 e. The molecule has 10 atom stereocenters. The summed E-state index contributed by atoms with van der Waals surface area (Å²) in [5, 5.41) is 316. The molecule has 2 saturated heterocycles. The summed E-state index contributed by atoms with van der Waals surface area (Å²) in [6.45, 7) is -3.20. The summed E-state index contributed by atoms with van der Waals surface area (Å²) in [4.78, 5) is 149. The summed E-state index contributed by atoms with van der Waals surface area (Å²) >= 11 is 0. The van der Waals surface area contributed by atoms with E-state index in [2.05, 4.69) is 0 Å². The molecule has 29 N–H and O–H groups in total. The number of fused-ring (bicyclic) bond motifs is 8. The Balaban J connectivity index is 0.929. The molecule has 52 nitrogen and oxygen atoms in total. The van der Waals surface area contributed by atoms with Crippen LogP contribution < -0.4 is 4.74 Å². The van der Waals surface area contributed by atoms with E-state index in [1.165, 1.54) is 0 Å². The van der Waals surface area contributed by atoms with Gasteiger partial charge in [0.1, 0.15) is 31.0 Å². The number of carbonyl (C=O) groups is 10. The molecule has 0 aromatic heterocycles. The third-order valence-electron chi connectivity index (χ3n) is 20.4. The predicted octanol–water partition coefficient (Wildman–Crippen LogP) is 3.73. The Labute approximate surface area is 736 Å². The molecular formula is C82H58O52. The van der Waals surface area contributed by atoms with Crippen LogP contribution in [0, 0.1) is 0 Å². The molecule has 0 radical (unpaired) electrons. The van der Waals surface area contributed by atoms with Crippen molar-refractivity contribution in [1.29, 1.82) is 0 Å². The van der Waals surface area contributed by atoms with Crippen molar-refractivity contribution in [3.05, 3.63) is 147 Å². The molecule has 0 amide bonds. The van der Waals surface area contributed by atoms with E-state index in [9.17, 15) is 182 Å². The molecular weight excluding hydrogens is 1820 g/mol. The van der Waals surface area contributed by atoms with Gasteiger partial charge < -0.3 is 210 Å². The number of esters is 10. The van der Waals surface area contributed by atoms with Gasteiger partial charge in [0.15, 0.2) is 168 Å². The Morgan fingerprint density at radius 3 is 0.791 bits per heavy atom. The highest BCUT2D eigenvalue weighted by Crippen LogP contribution is 2.58. The fourth-order valence-corrected chi connectivity index (χ4v) is 13.9. The molecule has 0 saturated carbocycles. The largest absolute Gasteiger partial charge is 0.504 e. The molecule has 14 rings (SSSR count). The number of benzene rings is 10. The van der Waals surface area contributed by atoms with Crippen LogP contribution in [0.4, 0.5) is 0 Å². The van der Waals surface area contributed by atoms with Crippen LogP contribution in [-0.4, -0.2) is 282 Å². The Morgan fingerprint density at radius 2 is 0.485 bits per heavy atom. The van der Waals surface area contributed by atoms with Gasteiger partial charge in [-0.2, -0.15) is 0 Å². The highest BCUT2D eigenvalue weighted by Gasteiger charge is 2.58. The molecule has 52 heteroatoms. The van der Waals surface area contributed by atoms with E-state index in [1.54, 1.807) is 0 Å². The molecule has 10 aromatic rings. The number of ether oxygens (including phenoxy) is 13. The van der Waals surface area contributed by atoms with Crippen LogP contribution in [0.3, 0.4) is 0 Å². The van der Waals surface area contributed by atoms with E-state index in [1.807, 2.05) is 0 Å². The molecule has 4 aliphatic heterocycles. The number of hydrogen-bond acceptors (Lipinski definition) is 52. The maximum atomic E-state index is 15.9. The maximum absolute atomic E-state index is 15.9. The third kappa shape index (κ3) is 16.2. The lowest BCUT2D eigenvalue weighted by Gasteiger charge is -2.43. The van der Waals surface area contributed by atoms with E-state index < -0.39 is 390 Å². The number of hydrogen-bond donors (Lipinski definition) is 29. The van der Waals surface area contributed by atoms with Crippen LogP contribution in [0.1, 0.15) is 104 Å². The topological polar surface area (TPSA) is 877 Å². The molecule has 0 aliphatic carbocycles. The minimum absolute atomic E-state index is 0.0509. The van der Waals surface area contributed by atoms with E-state index in [-0.39, 0.29) is 24.3 Å². The summed E-state index contributed by atoms with van der Waals surface area (Å²) < 4.78 is 74.5. The number of cyclic esters (lactones) is 2. The summed E-state index contributed by atoms with van der Waals surface area (Å²) in [6, 6.07) is 4.77. The Morgan fingerprint density at radius 1 is 0.246 bits per heavy atom. The highest BCUT2D eigenvalue weighted by atomic mass is 16.8. The van der Waals surface area contributed by atoms with Crippen molar-refractivity contribution in [2.75, 3.05) is 13.2 Å². The lowest BCUT2D eigenvalue weighted by Crippen LogP contribution is -2.63. The second-order valence-electron chi connectivity index (χ2n) is 28.7. The number of phenolic OH excluding ortho intramolecular Hbond substituents is 29. The molecule has 698 valence electrons. The van der Waals surface area contributed by atoms with Crippen molar-refractivity contribution in [1.82, 2.24) is 0 Å². The summed E-state index contributed by atoms with van der Waals surface area (Å²) in [5.74, 6) is -66.5. The first kappa shape index (κ1) is 91.0. The second kappa shape index (κ2) is 34.2. The lowest BCUT2D eigenvalue weighted by molar-refractivity contribution is -0.282. The Bertz CT molecular complexity index is 6630. The van der Waals surface area contributed by atoms with Gasteiger partial charge >= 0.3 is 59.7 Å². The van der Waals surface area contributed by atoms with Crippen molar-refractivity contribution >= 4 is 59.7 Å². The first-order valence-electron chi connectivity index (χ1n) is 37.0. The number of rotatable bonds is 14. The Kier molecular flexibility index (Phi) is 23.2. The van der Waals surface area contributed by atoms with Gasteiger partial charge in [0.2, 0.25) is 59.3 Å². The van der Waals surface area contributed by atoms with Crippen LogP contribution in [0.25, 0.3) is 22.3 Å². The Hall–Kier alpha value is -19.2. The van der Waals surface area contributed by atoms with Gasteiger partial charge in [0, 0.05) is 34.4 Å². The average molecular weight is 1880 g/mol. The van der Waals surface area contributed by atoms with Gasteiger partial charge in [-0.1, -0.05) is 0 Å². The highest BCUT2D eigenvalue weighted by molar-refractivity contribution is 6.11. The fraction of sp³-hybridized carbons (Fsp3) is 0.146. The van der Waals surface area contributed by atoms with Crippen molar-refractivity contribution in [2.45, 2.75) is 61.4 Å². The number of phenols is 29. The first-order valence-corrected chi connectivity index (χ1v) is 37.0. The molecule has 134 heavy (non-hydrogen) atoms. The zero-order valence-corrected chi connectivity index (χ0v) is 65.7. The smallest absolute Gasteiger partial charge is 0.344 e. The normalized spacial score (nSPS) is 19.1.